The Bertz CT molecular complexity index is 663. The Balaban J connectivity index is 2.05. The molecule has 2 heteroatoms. The SMILES string of the molecule is Cc1cc(C)c2c(c1)C(=O)C(=Cc1ccsc1)CC2. The fourth-order valence-corrected chi connectivity index (χ4v) is 3.39. The molecular weight excluding hydrogens is 252 g/mol. The third kappa shape index (κ3) is 2.28. The highest BCUT2D eigenvalue weighted by atomic mass is 32.1. The van der Waals surface area contributed by atoms with Crippen LogP contribution >= 0.6 is 11.3 Å². The molecule has 0 fully saturated rings. The number of thiophene rings is 1. The van der Waals surface area contributed by atoms with Crippen LogP contribution in [-0.2, 0) is 6.42 Å². The fraction of sp³-hybridized carbons (Fsp3) is 0.235. The maximum Gasteiger partial charge on any atom is 0.189 e. The number of hydrogen-bond acceptors (Lipinski definition) is 2. The zero-order chi connectivity index (χ0) is 13.4. The van der Waals surface area contributed by atoms with Gasteiger partial charge in [-0.3, -0.25) is 4.79 Å². The average Bonchev–Trinajstić information content (AvgIpc) is 2.86. The summed E-state index contributed by atoms with van der Waals surface area (Å²) in [7, 11) is 0. The number of ketones is 1. The Morgan fingerprint density at radius 3 is 2.79 bits per heavy atom. The monoisotopic (exact) mass is 268 g/mol. The molecular formula is C17H16OS. The number of aryl methyl sites for hydroxylation is 2. The highest BCUT2D eigenvalue weighted by Crippen LogP contribution is 2.30. The Morgan fingerprint density at radius 2 is 2.05 bits per heavy atom. The minimum atomic E-state index is 0.208. The predicted octanol–water partition coefficient (Wildman–Crippen LogP) is 4.58. The van der Waals surface area contributed by atoms with Gasteiger partial charge in [-0.1, -0.05) is 11.6 Å². The molecule has 0 atom stereocenters. The molecule has 0 saturated heterocycles. The summed E-state index contributed by atoms with van der Waals surface area (Å²) in [5, 5.41) is 4.12. The van der Waals surface area contributed by atoms with Crippen LogP contribution in [-0.4, -0.2) is 5.78 Å². The van der Waals surface area contributed by atoms with Crippen molar-refractivity contribution in [2.24, 2.45) is 0 Å². The summed E-state index contributed by atoms with van der Waals surface area (Å²) in [6.45, 7) is 4.16. The van der Waals surface area contributed by atoms with Crippen LogP contribution in [0.1, 0.15) is 39.0 Å². The van der Waals surface area contributed by atoms with Crippen LogP contribution in [0.15, 0.2) is 34.5 Å². The molecule has 1 aromatic carbocycles. The van der Waals surface area contributed by atoms with Crippen LogP contribution in [0.4, 0.5) is 0 Å². The van der Waals surface area contributed by atoms with Gasteiger partial charge in [0, 0.05) is 11.1 Å². The van der Waals surface area contributed by atoms with E-state index in [0.29, 0.717) is 0 Å². The molecule has 1 aromatic heterocycles. The molecule has 3 rings (SSSR count). The van der Waals surface area contributed by atoms with E-state index in [9.17, 15) is 4.79 Å². The van der Waals surface area contributed by atoms with Gasteiger partial charge in [0.15, 0.2) is 5.78 Å². The van der Waals surface area contributed by atoms with Gasteiger partial charge in [0.05, 0.1) is 0 Å². The smallest absolute Gasteiger partial charge is 0.189 e. The highest BCUT2D eigenvalue weighted by molar-refractivity contribution is 7.08. The van der Waals surface area contributed by atoms with Gasteiger partial charge in [-0.15, -0.1) is 0 Å². The van der Waals surface area contributed by atoms with E-state index in [-0.39, 0.29) is 5.78 Å². The lowest BCUT2D eigenvalue weighted by molar-refractivity contribution is 0.102. The first-order chi connectivity index (χ1) is 9.15. The topological polar surface area (TPSA) is 17.1 Å². The van der Waals surface area contributed by atoms with Gasteiger partial charge in [0.1, 0.15) is 0 Å². The number of allylic oxidation sites excluding steroid dienone is 1. The number of Topliss-reactive ketones (excluding diaryl/α,β-unsaturated/α-hetero) is 1. The van der Waals surface area contributed by atoms with E-state index in [4.69, 9.17) is 0 Å². The molecule has 19 heavy (non-hydrogen) atoms. The van der Waals surface area contributed by atoms with Gasteiger partial charge in [0.2, 0.25) is 0 Å². The molecule has 0 saturated carbocycles. The van der Waals surface area contributed by atoms with Crippen molar-refractivity contribution in [1.82, 2.24) is 0 Å². The summed E-state index contributed by atoms with van der Waals surface area (Å²) >= 11 is 1.66. The lowest BCUT2D eigenvalue weighted by Gasteiger charge is -2.20. The minimum absolute atomic E-state index is 0.208. The predicted molar refractivity (Wildman–Crippen MR) is 80.9 cm³/mol. The molecule has 1 aliphatic rings. The van der Waals surface area contributed by atoms with Crippen LogP contribution in [0, 0.1) is 13.8 Å². The Kier molecular flexibility index (Phi) is 3.11. The second kappa shape index (κ2) is 4.78. The van der Waals surface area contributed by atoms with Gasteiger partial charge in [-0.05, 0) is 72.3 Å². The molecule has 1 aliphatic carbocycles. The van der Waals surface area contributed by atoms with Gasteiger partial charge in [0.25, 0.3) is 0 Å². The lowest BCUT2D eigenvalue weighted by Crippen LogP contribution is -2.15. The number of fused-ring (bicyclic) bond motifs is 1. The summed E-state index contributed by atoms with van der Waals surface area (Å²) in [5.41, 5.74) is 6.64. The zero-order valence-corrected chi connectivity index (χ0v) is 12.0. The normalized spacial score (nSPS) is 16.7. The number of carbonyl (C=O) groups is 1. The second-order valence-corrected chi connectivity index (χ2v) is 5.94. The molecule has 0 amide bonds. The zero-order valence-electron chi connectivity index (χ0n) is 11.2. The maximum atomic E-state index is 12.6. The van der Waals surface area contributed by atoms with E-state index in [1.807, 2.05) is 17.5 Å². The molecule has 0 N–H and O–H groups in total. The van der Waals surface area contributed by atoms with E-state index in [1.165, 1.54) is 16.7 Å². The summed E-state index contributed by atoms with van der Waals surface area (Å²) in [5.74, 6) is 0.208. The first-order valence-electron chi connectivity index (χ1n) is 6.53. The van der Waals surface area contributed by atoms with Crippen molar-refractivity contribution >= 4 is 23.2 Å². The second-order valence-electron chi connectivity index (χ2n) is 5.16. The van der Waals surface area contributed by atoms with Crippen LogP contribution in [0.2, 0.25) is 0 Å². The van der Waals surface area contributed by atoms with E-state index >= 15 is 0 Å². The fourth-order valence-electron chi connectivity index (χ4n) is 2.77. The summed E-state index contributed by atoms with van der Waals surface area (Å²) < 4.78 is 0. The standard InChI is InChI=1S/C17H16OS/c1-11-7-12(2)15-4-3-14(17(18)16(15)8-11)9-13-5-6-19-10-13/h5-10H,3-4H2,1-2H3. The third-order valence-corrected chi connectivity index (χ3v) is 4.38. The summed E-state index contributed by atoms with van der Waals surface area (Å²) in [6, 6.07) is 6.26. The Hall–Kier alpha value is -1.67. The molecule has 0 radical (unpaired) electrons. The van der Waals surface area contributed by atoms with Gasteiger partial charge < -0.3 is 0 Å². The largest absolute Gasteiger partial charge is 0.289 e. The molecule has 0 spiro atoms. The van der Waals surface area contributed by atoms with Crippen molar-refractivity contribution in [2.45, 2.75) is 26.7 Å². The average molecular weight is 268 g/mol. The number of rotatable bonds is 1. The van der Waals surface area contributed by atoms with Crippen LogP contribution in [0.25, 0.3) is 6.08 Å². The van der Waals surface area contributed by atoms with Gasteiger partial charge in [-0.25, -0.2) is 0 Å². The van der Waals surface area contributed by atoms with Crippen molar-refractivity contribution in [3.8, 4) is 0 Å². The first kappa shape index (κ1) is 12.4. The quantitative estimate of drug-likeness (QED) is 0.692. The number of carbonyl (C=O) groups excluding carboxylic acids is 1. The molecule has 2 aromatic rings. The minimum Gasteiger partial charge on any atom is -0.289 e. The first-order valence-corrected chi connectivity index (χ1v) is 7.47. The Labute approximate surface area is 117 Å². The molecule has 0 aliphatic heterocycles. The molecule has 0 bridgehead atoms. The number of hydrogen-bond donors (Lipinski definition) is 0. The Morgan fingerprint density at radius 1 is 1.21 bits per heavy atom. The van der Waals surface area contributed by atoms with Crippen LogP contribution < -0.4 is 0 Å². The van der Waals surface area contributed by atoms with Crippen LogP contribution in [0.5, 0.6) is 0 Å². The molecule has 96 valence electrons. The summed E-state index contributed by atoms with van der Waals surface area (Å²) in [4.78, 5) is 12.6. The molecule has 0 unspecified atom stereocenters. The van der Waals surface area contributed by atoms with Crippen molar-refractivity contribution in [1.29, 1.82) is 0 Å². The third-order valence-electron chi connectivity index (χ3n) is 3.68. The van der Waals surface area contributed by atoms with E-state index in [0.717, 1.165) is 29.5 Å². The van der Waals surface area contributed by atoms with Gasteiger partial charge in [-0.2, -0.15) is 11.3 Å². The van der Waals surface area contributed by atoms with Gasteiger partial charge >= 0.3 is 0 Å². The van der Waals surface area contributed by atoms with Crippen molar-refractivity contribution < 1.29 is 4.79 Å². The maximum absolute atomic E-state index is 12.6. The van der Waals surface area contributed by atoms with Crippen molar-refractivity contribution in [2.75, 3.05) is 0 Å². The highest BCUT2D eigenvalue weighted by Gasteiger charge is 2.23. The van der Waals surface area contributed by atoms with Crippen molar-refractivity contribution in [3.63, 3.8) is 0 Å². The molecule has 1 nitrogen and oxygen atoms in total. The summed E-state index contributed by atoms with van der Waals surface area (Å²) in [6.07, 6.45) is 3.87. The van der Waals surface area contributed by atoms with E-state index in [2.05, 4.69) is 31.4 Å². The molecule has 1 heterocycles. The van der Waals surface area contributed by atoms with Crippen LogP contribution in [0.3, 0.4) is 0 Å². The number of benzene rings is 1. The van der Waals surface area contributed by atoms with Crippen molar-refractivity contribution in [3.05, 3.63) is 62.3 Å². The van der Waals surface area contributed by atoms with E-state index < -0.39 is 0 Å². The van der Waals surface area contributed by atoms with E-state index in [1.54, 1.807) is 11.3 Å². The lowest BCUT2D eigenvalue weighted by atomic mass is 9.83.